The van der Waals surface area contributed by atoms with E-state index in [2.05, 4.69) is 181 Å². The quantitative estimate of drug-likeness (QED) is 0.188. The third kappa shape index (κ3) is 4.00. The molecule has 11 rings (SSSR count). The van der Waals surface area contributed by atoms with Crippen molar-refractivity contribution in [3.05, 3.63) is 204 Å². The number of benzene rings is 7. The Labute approximate surface area is 300 Å². The van der Waals surface area contributed by atoms with Crippen molar-refractivity contribution in [2.75, 3.05) is 0 Å². The smallest absolute Gasteiger partial charge is 0.235 e. The molecule has 3 aliphatic rings. The number of para-hydroxylation sites is 3. The van der Waals surface area contributed by atoms with E-state index in [1.165, 1.54) is 33.4 Å². The van der Waals surface area contributed by atoms with Gasteiger partial charge in [0.1, 0.15) is 0 Å². The number of nitrogens with zero attached hydrogens (tertiary/aromatic N) is 4. The molecule has 0 bridgehead atoms. The van der Waals surface area contributed by atoms with Crippen LogP contribution >= 0.6 is 0 Å². The number of aromatic nitrogens is 4. The first kappa shape index (κ1) is 28.9. The molecule has 0 radical (unpaired) electrons. The standard InChI is InChI=1S/C48H30N4/c1-3-15-32(16-4-1)48(33-17-5-2-6-18-33)40-23-11-7-19-34(40)35-28-27-31(29-41(35)48)45-37-21-9-13-25-43(37)50-47(51-45)52-30-39-36-20-8-12-24-42(36)49-46(39)38-22-10-14-26-44(38)52/h1-30H. The lowest BCUT2D eigenvalue weighted by Gasteiger charge is -2.34. The van der Waals surface area contributed by atoms with Gasteiger partial charge in [0.05, 0.1) is 33.4 Å². The number of hydrogen-bond donors (Lipinski definition) is 0. The van der Waals surface area contributed by atoms with E-state index in [-0.39, 0.29) is 0 Å². The van der Waals surface area contributed by atoms with Crippen molar-refractivity contribution >= 4 is 32.7 Å². The molecular weight excluding hydrogens is 633 g/mol. The topological polar surface area (TPSA) is 43.6 Å². The summed E-state index contributed by atoms with van der Waals surface area (Å²) in [5.74, 6) is 0.623. The van der Waals surface area contributed by atoms with E-state index in [0.29, 0.717) is 5.95 Å². The fourth-order valence-electron chi connectivity index (χ4n) is 8.68. The molecule has 242 valence electrons. The summed E-state index contributed by atoms with van der Waals surface area (Å²) in [4.78, 5) is 15.7. The second-order valence-corrected chi connectivity index (χ2v) is 13.6. The van der Waals surface area contributed by atoms with E-state index in [9.17, 15) is 0 Å². The van der Waals surface area contributed by atoms with Crippen LogP contribution in [-0.2, 0) is 5.41 Å². The largest absolute Gasteiger partial charge is 0.285 e. The molecule has 2 aliphatic heterocycles. The SMILES string of the molecule is c1ccc(C2(c3ccccc3)c3ccccc3-c3ccc(-c4nc(-n5cc6c7ccccc7nc-6c6ccccc65)nc5ccccc45)cc32)cc1. The predicted octanol–water partition coefficient (Wildman–Crippen LogP) is 11.3. The predicted molar refractivity (Wildman–Crippen MR) is 211 cm³/mol. The molecule has 1 aliphatic carbocycles. The molecule has 0 saturated heterocycles. The minimum absolute atomic E-state index is 0.502. The second kappa shape index (κ2) is 11.0. The summed E-state index contributed by atoms with van der Waals surface area (Å²) in [6, 6.07) is 62.8. The molecule has 0 atom stereocenters. The molecule has 0 N–H and O–H groups in total. The minimum atomic E-state index is -0.502. The average Bonchev–Trinajstić information content (AvgIpc) is 3.74. The summed E-state index contributed by atoms with van der Waals surface area (Å²) in [6.45, 7) is 0. The van der Waals surface area contributed by atoms with E-state index < -0.39 is 5.41 Å². The van der Waals surface area contributed by atoms with Crippen LogP contribution in [0.25, 0.3) is 72.3 Å². The summed E-state index contributed by atoms with van der Waals surface area (Å²) >= 11 is 0. The third-order valence-electron chi connectivity index (χ3n) is 10.9. The highest BCUT2D eigenvalue weighted by molar-refractivity contribution is 6.07. The lowest BCUT2D eigenvalue weighted by molar-refractivity contribution is 0.768. The van der Waals surface area contributed by atoms with Crippen LogP contribution < -0.4 is 0 Å². The van der Waals surface area contributed by atoms with Crippen molar-refractivity contribution in [2.24, 2.45) is 0 Å². The highest BCUT2D eigenvalue weighted by atomic mass is 15.1. The molecule has 4 nitrogen and oxygen atoms in total. The highest BCUT2D eigenvalue weighted by Gasteiger charge is 2.46. The molecule has 0 amide bonds. The molecule has 8 aromatic rings. The monoisotopic (exact) mass is 662 g/mol. The zero-order valence-corrected chi connectivity index (χ0v) is 28.1. The van der Waals surface area contributed by atoms with E-state index in [0.717, 1.165) is 55.2 Å². The van der Waals surface area contributed by atoms with Crippen LogP contribution in [0.5, 0.6) is 0 Å². The number of pyridine rings is 1. The molecule has 7 aromatic carbocycles. The number of hydrogen-bond acceptors (Lipinski definition) is 3. The molecular formula is C48H30N4. The lowest BCUT2D eigenvalue weighted by Crippen LogP contribution is -2.28. The van der Waals surface area contributed by atoms with E-state index in [1.54, 1.807) is 0 Å². The van der Waals surface area contributed by atoms with Gasteiger partial charge in [-0.25, -0.2) is 15.0 Å². The van der Waals surface area contributed by atoms with Gasteiger partial charge in [0, 0.05) is 33.5 Å². The fourth-order valence-corrected chi connectivity index (χ4v) is 8.68. The van der Waals surface area contributed by atoms with Crippen LogP contribution in [-0.4, -0.2) is 19.5 Å². The van der Waals surface area contributed by atoms with Gasteiger partial charge in [-0.15, -0.1) is 0 Å². The van der Waals surface area contributed by atoms with Gasteiger partial charge in [-0.1, -0.05) is 152 Å². The Morgan fingerprint density at radius 2 is 1.00 bits per heavy atom. The molecule has 3 heterocycles. The Morgan fingerprint density at radius 1 is 0.404 bits per heavy atom. The Bertz CT molecular complexity index is 2920. The summed E-state index contributed by atoms with van der Waals surface area (Å²) in [5.41, 5.74) is 13.9. The first-order valence-corrected chi connectivity index (χ1v) is 17.7. The maximum absolute atomic E-state index is 5.46. The van der Waals surface area contributed by atoms with Gasteiger partial charge in [0.15, 0.2) is 0 Å². The average molecular weight is 663 g/mol. The molecule has 4 heteroatoms. The normalized spacial score (nSPS) is 13.2. The molecule has 52 heavy (non-hydrogen) atoms. The van der Waals surface area contributed by atoms with Crippen molar-refractivity contribution in [3.63, 3.8) is 0 Å². The number of fused-ring (bicyclic) bond motifs is 9. The van der Waals surface area contributed by atoms with E-state index >= 15 is 0 Å². The Hall–Kier alpha value is -6.91. The van der Waals surface area contributed by atoms with Crippen molar-refractivity contribution in [1.29, 1.82) is 0 Å². The van der Waals surface area contributed by atoms with Crippen LogP contribution in [0, 0.1) is 0 Å². The summed E-state index contributed by atoms with van der Waals surface area (Å²) in [6.07, 6.45) is 2.16. The number of rotatable bonds is 4. The zero-order valence-electron chi connectivity index (χ0n) is 28.1. The molecule has 0 spiro atoms. The molecule has 1 aromatic heterocycles. The Morgan fingerprint density at radius 3 is 1.77 bits per heavy atom. The Kier molecular flexibility index (Phi) is 6.13. The molecule has 0 saturated carbocycles. The van der Waals surface area contributed by atoms with E-state index in [4.69, 9.17) is 15.0 Å². The van der Waals surface area contributed by atoms with Crippen LogP contribution in [0.1, 0.15) is 22.3 Å². The van der Waals surface area contributed by atoms with Crippen molar-refractivity contribution < 1.29 is 0 Å². The zero-order chi connectivity index (χ0) is 34.2. The summed E-state index contributed by atoms with van der Waals surface area (Å²) in [5, 5.41) is 3.20. The third-order valence-corrected chi connectivity index (χ3v) is 10.9. The highest BCUT2D eigenvalue weighted by Crippen LogP contribution is 2.56. The second-order valence-electron chi connectivity index (χ2n) is 13.6. The molecule has 0 unspecified atom stereocenters. The van der Waals surface area contributed by atoms with Gasteiger partial charge in [-0.05, 0) is 57.6 Å². The van der Waals surface area contributed by atoms with Gasteiger partial charge in [0.2, 0.25) is 5.95 Å². The lowest BCUT2D eigenvalue weighted by atomic mass is 9.67. The first-order chi connectivity index (χ1) is 25.8. The van der Waals surface area contributed by atoms with Crippen molar-refractivity contribution in [2.45, 2.75) is 5.41 Å². The van der Waals surface area contributed by atoms with Gasteiger partial charge in [0.25, 0.3) is 0 Å². The maximum Gasteiger partial charge on any atom is 0.235 e. The maximum atomic E-state index is 5.46. The minimum Gasteiger partial charge on any atom is -0.285 e. The van der Waals surface area contributed by atoms with Gasteiger partial charge >= 0.3 is 0 Å². The van der Waals surface area contributed by atoms with Crippen LogP contribution in [0.2, 0.25) is 0 Å². The molecule has 0 fully saturated rings. The first-order valence-electron chi connectivity index (χ1n) is 17.7. The van der Waals surface area contributed by atoms with E-state index in [1.807, 2.05) is 6.07 Å². The van der Waals surface area contributed by atoms with Crippen LogP contribution in [0.15, 0.2) is 182 Å². The van der Waals surface area contributed by atoms with Crippen molar-refractivity contribution in [3.8, 4) is 39.6 Å². The summed E-state index contributed by atoms with van der Waals surface area (Å²) < 4.78 is 2.14. The Balaban J connectivity index is 1.20. The summed E-state index contributed by atoms with van der Waals surface area (Å²) in [7, 11) is 0. The van der Waals surface area contributed by atoms with Gasteiger partial charge in [-0.2, -0.15) is 0 Å². The van der Waals surface area contributed by atoms with Crippen LogP contribution in [0.3, 0.4) is 0 Å². The van der Waals surface area contributed by atoms with Crippen LogP contribution in [0.4, 0.5) is 0 Å². The van der Waals surface area contributed by atoms with Crippen molar-refractivity contribution in [1.82, 2.24) is 19.5 Å². The fraction of sp³-hybridized carbons (Fsp3) is 0.0208. The van der Waals surface area contributed by atoms with Gasteiger partial charge < -0.3 is 0 Å². The van der Waals surface area contributed by atoms with Gasteiger partial charge in [-0.3, -0.25) is 4.57 Å².